The standard InChI is InChI=1S/C47H46O6/c1-2-3-4-5-6-19-28-41-31-42(48)46(51-34-38-24-15-9-16-25-38)45(53-41)40-29-43(49-32-36-20-11-7-12-21-36)47(52-35-39-26-17-10-18-27-39)44(30-40)50-33-37-22-13-8-14-23-37/h7-31H,2-6,32-35H2,1H3/b28-19+. The van der Waals surface area contributed by atoms with Crippen molar-refractivity contribution in [2.75, 3.05) is 0 Å². The van der Waals surface area contributed by atoms with E-state index in [2.05, 4.69) is 13.0 Å². The van der Waals surface area contributed by atoms with Crippen LogP contribution in [0.5, 0.6) is 23.0 Å². The van der Waals surface area contributed by atoms with E-state index in [1.54, 1.807) is 0 Å². The van der Waals surface area contributed by atoms with Gasteiger partial charge in [0.2, 0.25) is 16.9 Å². The zero-order valence-electron chi connectivity index (χ0n) is 30.2. The molecule has 0 aliphatic heterocycles. The number of rotatable bonds is 19. The lowest BCUT2D eigenvalue weighted by Gasteiger charge is -2.20. The molecule has 0 N–H and O–H groups in total. The SMILES string of the molecule is CCCCCC/C=C/c1cc(=O)c(OCc2ccccc2)c(-c2cc(OCc3ccccc3)c(OCc3ccccc3)c(OCc3ccccc3)c2)o1. The number of unbranched alkanes of at least 4 members (excludes halogenated alkanes) is 4. The maximum absolute atomic E-state index is 13.8. The first-order valence-corrected chi connectivity index (χ1v) is 18.4. The Morgan fingerprint density at radius 2 is 0.981 bits per heavy atom. The van der Waals surface area contributed by atoms with Gasteiger partial charge in [0, 0.05) is 11.6 Å². The molecule has 1 heterocycles. The molecule has 0 bridgehead atoms. The third-order valence-electron chi connectivity index (χ3n) is 8.64. The Hall–Kier alpha value is -6.01. The van der Waals surface area contributed by atoms with Gasteiger partial charge >= 0.3 is 0 Å². The molecule has 6 rings (SSSR count). The second-order valence-corrected chi connectivity index (χ2v) is 12.8. The lowest BCUT2D eigenvalue weighted by atomic mass is 10.1. The Kier molecular flexibility index (Phi) is 13.6. The van der Waals surface area contributed by atoms with Crippen LogP contribution < -0.4 is 24.4 Å². The Balaban J connectivity index is 1.44. The third-order valence-corrected chi connectivity index (χ3v) is 8.64. The maximum Gasteiger partial charge on any atom is 0.228 e. The van der Waals surface area contributed by atoms with Crippen molar-refractivity contribution in [2.45, 2.75) is 65.5 Å². The minimum absolute atomic E-state index is 0.106. The van der Waals surface area contributed by atoms with Gasteiger partial charge in [-0.3, -0.25) is 4.79 Å². The summed E-state index contributed by atoms with van der Waals surface area (Å²) in [7, 11) is 0. The number of ether oxygens (including phenoxy) is 4. The van der Waals surface area contributed by atoms with Crippen LogP contribution in [-0.2, 0) is 26.4 Å². The molecule has 0 amide bonds. The van der Waals surface area contributed by atoms with E-state index in [0.29, 0.717) is 35.2 Å². The largest absolute Gasteiger partial charge is 0.485 e. The van der Waals surface area contributed by atoms with Gasteiger partial charge in [0.25, 0.3) is 0 Å². The highest BCUT2D eigenvalue weighted by molar-refractivity contribution is 5.72. The number of benzene rings is 5. The molecule has 6 aromatic rings. The molecule has 6 nitrogen and oxygen atoms in total. The van der Waals surface area contributed by atoms with E-state index in [1.165, 1.54) is 25.3 Å². The molecule has 0 saturated carbocycles. The number of allylic oxidation sites excluding steroid dienone is 1. The van der Waals surface area contributed by atoms with Crippen molar-refractivity contribution in [3.8, 4) is 34.3 Å². The van der Waals surface area contributed by atoms with Crippen LogP contribution in [0, 0.1) is 0 Å². The van der Waals surface area contributed by atoms with Gasteiger partial charge in [0.05, 0.1) is 0 Å². The molecular weight excluding hydrogens is 661 g/mol. The average Bonchev–Trinajstić information content (AvgIpc) is 3.21. The van der Waals surface area contributed by atoms with Crippen LogP contribution in [0.15, 0.2) is 155 Å². The van der Waals surface area contributed by atoms with Crippen LogP contribution in [-0.4, -0.2) is 0 Å². The van der Waals surface area contributed by atoms with E-state index < -0.39 is 0 Å². The highest BCUT2D eigenvalue weighted by Gasteiger charge is 2.23. The molecule has 0 aliphatic carbocycles. The summed E-state index contributed by atoms with van der Waals surface area (Å²) in [5, 5.41) is 0. The van der Waals surface area contributed by atoms with Crippen LogP contribution in [0.1, 0.15) is 67.0 Å². The van der Waals surface area contributed by atoms with Crippen molar-refractivity contribution >= 4 is 6.08 Å². The number of hydrogen-bond donors (Lipinski definition) is 0. The van der Waals surface area contributed by atoms with E-state index in [1.807, 2.05) is 140 Å². The van der Waals surface area contributed by atoms with Gasteiger partial charge < -0.3 is 23.4 Å². The van der Waals surface area contributed by atoms with Crippen LogP contribution >= 0.6 is 0 Å². The second kappa shape index (κ2) is 19.6. The Morgan fingerprint density at radius 3 is 1.45 bits per heavy atom. The molecule has 6 heteroatoms. The van der Waals surface area contributed by atoms with E-state index >= 15 is 0 Å². The van der Waals surface area contributed by atoms with Crippen LogP contribution in [0.3, 0.4) is 0 Å². The summed E-state index contributed by atoms with van der Waals surface area (Å²) in [6.07, 6.45) is 9.45. The molecule has 0 atom stereocenters. The lowest BCUT2D eigenvalue weighted by Crippen LogP contribution is -2.10. The van der Waals surface area contributed by atoms with Crippen molar-refractivity contribution in [1.82, 2.24) is 0 Å². The van der Waals surface area contributed by atoms with Gasteiger partial charge in [-0.2, -0.15) is 0 Å². The van der Waals surface area contributed by atoms with Crippen LogP contribution in [0.4, 0.5) is 0 Å². The fraction of sp³-hybridized carbons (Fsp3) is 0.213. The van der Waals surface area contributed by atoms with Crippen LogP contribution in [0.2, 0.25) is 0 Å². The van der Waals surface area contributed by atoms with E-state index in [0.717, 1.165) is 35.1 Å². The monoisotopic (exact) mass is 706 g/mol. The van der Waals surface area contributed by atoms with Crippen LogP contribution in [0.25, 0.3) is 17.4 Å². The van der Waals surface area contributed by atoms with Gasteiger partial charge in [-0.15, -0.1) is 0 Å². The first-order chi connectivity index (χ1) is 26.2. The van der Waals surface area contributed by atoms with E-state index in [9.17, 15) is 4.79 Å². The highest BCUT2D eigenvalue weighted by Crippen LogP contribution is 2.44. The van der Waals surface area contributed by atoms with E-state index in [-0.39, 0.29) is 36.8 Å². The van der Waals surface area contributed by atoms with Crippen molar-refractivity contribution in [1.29, 1.82) is 0 Å². The second-order valence-electron chi connectivity index (χ2n) is 12.8. The molecule has 53 heavy (non-hydrogen) atoms. The summed E-state index contributed by atoms with van der Waals surface area (Å²) in [4.78, 5) is 13.8. The van der Waals surface area contributed by atoms with Crippen molar-refractivity contribution < 1.29 is 23.4 Å². The average molecular weight is 707 g/mol. The molecule has 0 fully saturated rings. The third kappa shape index (κ3) is 11.0. The quantitative estimate of drug-likeness (QED) is 0.0781. The summed E-state index contributed by atoms with van der Waals surface area (Å²) in [5.74, 6) is 2.16. The lowest BCUT2D eigenvalue weighted by molar-refractivity contribution is 0.230. The molecule has 0 unspecified atom stereocenters. The van der Waals surface area contributed by atoms with Crippen molar-refractivity contribution in [2.24, 2.45) is 0 Å². The highest BCUT2D eigenvalue weighted by atomic mass is 16.5. The van der Waals surface area contributed by atoms with Crippen molar-refractivity contribution in [3.05, 3.63) is 184 Å². The smallest absolute Gasteiger partial charge is 0.228 e. The molecule has 270 valence electrons. The Labute approximate surface area is 312 Å². The molecule has 0 radical (unpaired) electrons. The maximum atomic E-state index is 13.8. The van der Waals surface area contributed by atoms with E-state index in [4.69, 9.17) is 23.4 Å². The summed E-state index contributed by atoms with van der Waals surface area (Å²) in [5.41, 5.74) is 4.18. The zero-order valence-corrected chi connectivity index (χ0v) is 30.2. The fourth-order valence-corrected chi connectivity index (χ4v) is 5.79. The Bertz CT molecular complexity index is 2010. The minimum atomic E-state index is -0.282. The summed E-state index contributed by atoms with van der Waals surface area (Å²) < 4.78 is 32.4. The summed E-state index contributed by atoms with van der Waals surface area (Å²) in [6, 6.07) is 44.7. The number of hydrogen-bond acceptors (Lipinski definition) is 6. The predicted octanol–water partition coefficient (Wildman–Crippen LogP) is 11.6. The first-order valence-electron chi connectivity index (χ1n) is 18.4. The van der Waals surface area contributed by atoms with Gasteiger partial charge in [-0.1, -0.05) is 154 Å². The van der Waals surface area contributed by atoms with Gasteiger partial charge in [0.1, 0.15) is 32.2 Å². The van der Waals surface area contributed by atoms with Gasteiger partial charge in [0.15, 0.2) is 17.3 Å². The molecule has 0 saturated heterocycles. The summed E-state index contributed by atoms with van der Waals surface area (Å²) >= 11 is 0. The molecule has 1 aromatic heterocycles. The zero-order chi connectivity index (χ0) is 36.5. The molecule has 5 aromatic carbocycles. The molecular formula is C47H46O6. The van der Waals surface area contributed by atoms with Gasteiger partial charge in [-0.25, -0.2) is 0 Å². The van der Waals surface area contributed by atoms with Crippen molar-refractivity contribution in [3.63, 3.8) is 0 Å². The first kappa shape index (κ1) is 36.8. The fourth-order valence-electron chi connectivity index (χ4n) is 5.79. The normalized spacial score (nSPS) is 11.0. The van der Waals surface area contributed by atoms with Gasteiger partial charge in [-0.05, 0) is 53.3 Å². The molecule has 0 spiro atoms. The molecule has 0 aliphatic rings. The topological polar surface area (TPSA) is 67.1 Å². The minimum Gasteiger partial charge on any atom is -0.485 e. The predicted molar refractivity (Wildman–Crippen MR) is 211 cm³/mol. The Morgan fingerprint density at radius 1 is 0.528 bits per heavy atom. The summed E-state index contributed by atoms with van der Waals surface area (Å²) in [6.45, 7) is 3.25.